The van der Waals surface area contributed by atoms with Gasteiger partial charge in [0, 0.05) is 17.0 Å². The molecule has 0 spiro atoms. The van der Waals surface area contributed by atoms with Crippen molar-refractivity contribution in [2.45, 2.75) is 33.6 Å². The van der Waals surface area contributed by atoms with Crippen LogP contribution in [0.1, 0.15) is 39.9 Å². The fraction of sp³-hybridized carbons (Fsp3) is 0.385. The molecule has 1 aromatic carbocycles. The lowest BCUT2D eigenvalue weighted by Crippen LogP contribution is -2.08. The summed E-state index contributed by atoms with van der Waals surface area (Å²) in [6.07, 6.45) is -0.139. The van der Waals surface area contributed by atoms with E-state index in [1.54, 1.807) is 6.92 Å². The molecule has 1 aromatic rings. The lowest BCUT2D eigenvalue weighted by atomic mass is 9.94. The first kappa shape index (κ1) is 13.7. The van der Waals surface area contributed by atoms with Gasteiger partial charge in [0.1, 0.15) is 0 Å². The number of Topliss-reactive ketones (excluding diaryl/α,β-unsaturated/α-hetero) is 1. The second-order valence-electron chi connectivity index (χ2n) is 4.14. The Labute approximate surface area is 105 Å². The molecule has 92 valence electrons. The van der Waals surface area contributed by atoms with Crippen molar-refractivity contribution in [1.82, 2.24) is 0 Å². The number of aryl methyl sites for hydroxylation is 2. The van der Waals surface area contributed by atoms with Gasteiger partial charge in [-0.1, -0.05) is 17.7 Å². The minimum atomic E-state index is -0.966. The summed E-state index contributed by atoms with van der Waals surface area (Å²) in [6, 6.07) is 1.85. The van der Waals surface area contributed by atoms with Crippen LogP contribution in [-0.2, 0) is 4.79 Å². The molecule has 0 amide bonds. The zero-order valence-corrected chi connectivity index (χ0v) is 10.9. The van der Waals surface area contributed by atoms with E-state index in [1.165, 1.54) is 0 Å². The van der Waals surface area contributed by atoms with Crippen molar-refractivity contribution in [3.05, 3.63) is 33.3 Å². The highest BCUT2D eigenvalue weighted by molar-refractivity contribution is 6.32. The summed E-state index contributed by atoms with van der Waals surface area (Å²) in [5.74, 6) is -1.13. The van der Waals surface area contributed by atoms with Crippen LogP contribution in [0.2, 0.25) is 5.02 Å². The van der Waals surface area contributed by atoms with Crippen LogP contribution in [0.5, 0.6) is 0 Å². The summed E-state index contributed by atoms with van der Waals surface area (Å²) in [6.45, 7) is 5.51. The van der Waals surface area contributed by atoms with Crippen LogP contribution in [0.3, 0.4) is 0 Å². The van der Waals surface area contributed by atoms with Gasteiger partial charge >= 0.3 is 5.97 Å². The molecule has 0 aliphatic heterocycles. The van der Waals surface area contributed by atoms with Crippen molar-refractivity contribution < 1.29 is 14.7 Å². The molecule has 17 heavy (non-hydrogen) atoms. The molecule has 0 aromatic heterocycles. The molecule has 0 bridgehead atoms. The monoisotopic (exact) mass is 254 g/mol. The predicted octanol–water partition coefficient (Wildman–Crippen LogP) is 3.31. The lowest BCUT2D eigenvalue weighted by molar-refractivity contribution is -0.136. The van der Waals surface area contributed by atoms with E-state index < -0.39 is 5.97 Å². The van der Waals surface area contributed by atoms with Gasteiger partial charge in [0.05, 0.1) is 6.42 Å². The topological polar surface area (TPSA) is 54.4 Å². The first-order chi connectivity index (χ1) is 7.84. The number of rotatable bonds is 4. The average Bonchev–Trinajstić information content (AvgIpc) is 2.23. The van der Waals surface area contributed by atoms with Crippen LogP contribution < -0.4 is 0 Å². The molecule has 0 saturated heterocycles. The van der Waals surface area contributed by atoms with Crippen molar-refractivity contribution in [1.29, 1.82) is 0 Å². The number of carboxylic acid groups (broad SMARTS) is 1. The maximum absolute atomic E-state index is 11.9. The molecule has 0 heterocycles. The highest BCUT2D eigenvalue weighted by Gasteiger charge is 2.16. The van der Waals surface area contributed by atoms with Gasteiger partial charge in [-0.05, 0) is 37.5 Å². The molecule has 0 aliphatic carbocycles. The molecule has 0 saturated carbocycles. The minimum absolute atomic E-state index is 0.0103. The van der Waals surface area contributed by atoms with Gasteiger partial charge in [0.15, 0.2) is 5.78 Å². The molecule has 0 fully saturated rings. The second-order valence-corrected chi connectivity index (χ2v) is 4.52. The third-order valence-corrected chi connectivity index (χ3v) is 3.30. The van der Waals surface area contributed by atoms with Crippen molar-refractivity contribution in [3.8, 4) is 0 Å². The van der Waals surface area contributed by atoms with Crippen molar-refractivity contribution in [2.75, 3.05) is 0 Å². The van der Waals surface area contributed by atoms with Crippen LogP contribution >= 0.6 is 11.6 Å². The number of hydrogen-bond donors (Lipinski definition) is 1. The largest absolute Gasteiger partial charge is 0.481 e. The van der Waals surface area contributed by atoms with Gasteiger partial charge in [-0.15, -0.1) is 0 Å². The van der Waals surface area contributed by atoms with Crippen LogP contribution in [0.25, 0.3) is 0 Å². The van der Waals surface area contributed by atoms with Gasteiger partial charge in [-0.25, -0.2) is 0 Å². The number of carboxylic acids is 1. The minimum Gasteiger partial charge on any atom is -0.481 e. The average molecular weight is 255 g/mol. The lowest BCUT2D eigenvalue weighted by Gasteiger charge is -2.12. The Kier molecular flexibility index (Phi) is 4.29. The Morgan fingerprint density at radius 3 is 2.29 bits per heavy atom. The summed E-state index contributed by atoms with van der Waals surface area (Å²) >= 11 is 6.09. The Hall–Kier alpha value is -1.35. The second kappa shape index (κ2) is 5.32. The normalized spacial score (nSPS) is 10.4. The number of halogens is 1. The zero-order valence-electron chi connectivity index (χ0n) is 10.1. The number of carbonyl (C=O) groups is 2. The SMILES string of the molecule is Cc1cc(C)c(C(=O)CCC(=O)O)c(C)c1Cl. The molecule has 0 radical (unpaired) electrons. The molecular weight excluding hydrogens is 240 g/mol. The standard InChI is InChI=1S/C13H15ClO3/c1-7-6-8(2)13(14)9(3)12(7)10(15)4-5-11(16)17/h6H,4-5H2,1-3H3,(H,16,17). The molecule has 0 atom stereocenters. The maximum Gasteiger partial charge on any atom is 0.303 e. The van der Waals surface area contributed by atoms with E-state index in [1.807, 2.05) is 19.9 Å². The van der Waals surface area contributed by atoms with Crippen LogP contribution in [0.15, 0.2) is 6.07 Å². The van der Waals surface area contributed by atoms with Crippen molar-refractivity contribution >= 4 is 23.4 Å². The van der Waals surface area contributed by atoms with Crippen LogP contribution in [0.4, 0.5) is 0 Å². The third kappa shape index (κ3) is 3.07. The first-order valence-corrected chi connectivity index (χ1v) is 5.73. The Morgan fingerprint density at radius 1 is 1.18 bits per heavy atom. The molecule has 0 aliphatic rings. The Bertz CT molecular complexity index is 478. The van der Waals surface area contributed by atoms with E-state index in [0.717, 1.165) is 16.7 Å². The molecular formula is C13H15ClO3. The van der Waals surface area contributed by atoms with E-state index >= 15 is 0 Å². The fourth-order valence-electron chi connectivity index (χ4n) is 1.94. The maximum atomic E-state index is 11.9. The summed E-state index contributed by atoms with van der Waals surface area (Å²) in [7, 11) is 0. The number of hydrogen-bond acceptors (Lipinski definition) is 2. The van der Waals surface area contributed by atoms with Gasteiger partial charge in [-0.3, -0.25) is 9.59 Å². The molecule has 3 nitrogen and oxygen atoms in total. The van der Waals surface area contributed by atoms with E-state index in [4.69, 9.17) is 16.7 Å². The smallest absolute Gasteiger partial charge is 0.303 e. The van der Waals surface area contributed by atoms with Crippen LogP contribution in [0, 0.1) is 20.8 Å². The van der Waals surface area contributed by atoms with E-state index in [9.17, 15) is 9.59 Å². The fourth-order valence-corrected chi connectivity index (χ4v) is 2.09. The third-order valence-electron chi connectivity index (χ3n) is 2.72. The van der Waals surface area contributed by atoms with Crippen molar-refractivity contribution in [3.63, 3.8) is 0 Å². The highest BCUT2D eigenvalue weighted by Crippen LogP contribution is 2.27. The molecule has 1 rings (SSSR count). The Balaban J connectivity index is 3.10. The number of carbonyl (C=O) groups excluding carboxylic acids is 1. The van der Waals surface area contributed by atoms with Gasteiger partial charge in [0.25, 0.3) is 0 Å². The Morgan fingerprint density at radius 2 is 1.76 bits per heavy atom. The molecule has 1 N–H and O–H groups in total. The first-order valence-electron chi connectivity index (χ1n) is 5.36. The van der Waals surface area contributed by atoms with E-state index in [-0.39, 0.29) is 18.6 Å². The van der Waals surface area contributed by atoms with Gasteiger partial charge in [-0.2, -0.15) is 0 Å². The summed E-state index contributed by atoms with van der Waals surface area (Å²) in [5, 5.41) is 9.15. The number of aliphatic carboxylic acids is 1. The van der Waals surface area contributed by atoms with Gasteiger partial charge in [0.2, 0.25) is 0 Å². The summed E-state index contributed by atoms with van der Waals surface area (Å²) in [4.78, 5) is 22.4. The zero-order chi connectivity index (χ0) is 13.2. The van der Waals surface area contributed by atoms with Gasteiger partial charge < -0.3 is 5.11 Å². The van der Waals surface area contributed by atoms with E-state index in [0.29, 0.717) is 10.6 Å². The van der Waals surface area contributed by atoms with Crippen molar-refractivity contribution in [2.24, 2.45) is 0 Å². The summed E-state index contributed by atoms with van der Waals surface area (Å²) in [5.41, 5.74) is 3.07. The quantitative estimate of drug-likeness (QED) is 0.839. The predicted molar refractivity (Wildman–Crippen MR) is 66.9 cm³/mol. The number of ketones is 1. The van der Waals surface area contributed by atoms with Crippen LogP contribution in [-0.4, -0.2) is 16.9 Å². The molecule has 4 heteroatoms. The highest BCUT2D eigenvalue weighted by atomic mass is 35.5. The van der Waals surface area contributed by atoms with E-state index in [2.05, 4.69) is 0 Å². The number of benzene rings is 1. The molecule has 0 unspecified atom stereocenters. The summed E-state index contributed by atoms with van der Waals surface area (Å²) < 4.78 is 0.